The maximum Gasteiger partial charge on any atom is 0.251 e. The van der Waals surface area contributed by atoms with Crippen molar-refractivity contribution in [1.29, 1.82) is 0 Å². The fourth-order valence-corrected chi connectivity index (χ4v) is 3.13. The van der Waals surface area contributed by atoms with Gasteiger partial charge in [0.2, 0.25) is 0 Å². The molecule has 2 aromatic rings. The summed E-state index contributed by atoms with van der Waals surface area (Å²) in [5, 5.41) is 5.46. The standard InChI is InChI=1S/C16H19N3O3S/c1-12-3-5-14(6-4-12)23(21,22)10-9-19-16(20)13-7-8-18-15(11-13)17-2/h3-8,11H,9-10H2,1-2H3,(H,17,18)(H,19,20). The number of aromatic nitrogens is 1. The lowest BCUT2D eigenvalue weighted by molar-refractivity contribution is 0.0956. The molecule has 0 aliphatic carbocycles. The summed E-state index contributed by atoms with van der Waals surface area (Å²) in [4.78, 5) is 16.3. The highest BCUT2D eigenvalue weighted by Gasteiger charge is 2.15. The van der Waals surface area contributed by atoms with Crippen LogP contribution < -0.4 is 10.6 Å². The highest BCUT2D eigenvalue weighted by atomic mass is 32.2. The zero-order chi connectivity index (χ0) is 16.9. The van der Waals surface area contributed by atoms with Gasteiger partial charge in [0, 0.05) is 25.4 Å². The average molecular weight is 333 g/mol. The van der Waals surface area contributed by atoms with Crippen molar-refractivity contribution in [3.63, 3.8) is 0 Å². The summed E-state index contributed by atoms with van der Waals surface area (Å²) in [6, 6.07) is 9.83. The van der Waals surface area contributed by atoms with Crippen LogP contribution in [0.2, 0.25) is 0 Å². The van der Waals surface area contributed by atoms with Gasteiger partial charge in [0.05, 0.1) is 10.6 Å². The van der Waals surface area contributed by atoms with Crippen LogP contribution in [0.3, 0.4) is 0 Å². The Balaban J connectivity index is 1.95. The van der Waals surface area contributed by atoms with Crippen LogP contribution in [0.4, 0.5) is 5.82 Å². The van der Waals surface area contributed by atoms with Crippen LogP contribution in [-0.2, 0) is 9.84 Å². The molecule has 0 radical (unpaired) electrons. The first-order valence-corrected chi connectivity index (χ1v) is 8.79. The quantitative estimate of drug-likeness (QED) is 0.839. The third-order valence-electron chi connectivity index (χ3n) is 3.31. The maximum absolute atomic E-state index is 12.2. The highest BCUT2D eigenvalue weighted by Crippen LogP contribution is 2.12. The summed E-state index contributed by atoms with van der Waals surface area (Å²) >= 11 is 0. The zero-order valence-electron chi connectivity index (χ0n) is 13.0. The normalized spacial score (nSPS) is 11.0. The van der Waals surface area contributed by atoms with Crippen LogP contribution in [0.1, 0.15) is 15.9 Å². The van der Waals surface area contributed by atoms with Gasteiger partial charge in [0.1, 0.15) is 5.82 Å². The van der Waals surface area contributed by atoms with Gasteiger partial charge in [-0.1, -0.05) is 17.7 Å². The van der Waals surface area contributed by atoms with Crippen LogP contribution >= 0.6 is 0 Å². The number of sulfone groups is 1. The van der Waals surface area contributed by atoms with E-state index < -0.39 is 9.84 Å². The number of hydrogen-bond acceptors (Lipinski definition) is 5. The summed E-state index contributed by atoms with van der Waals surface area (Å²) in [5.41, 5.74) is 1.42. The van der Waals surface area contributed by atoms with Crippen LogP contribution in [0.25, 0.3) is 0 Å². The Morgan fingerprint density at radius 2 is 1.87 bits per heavy atom. The molecule has 2 rings (SSSR count). The van der Waals surface area contributed by atoms with Crippen molar-refractivity contribution in [3.8, 4) is 0 Å². The van der Waals surface area contributed by atoms with Gasteiger partial charge in [0.15, 0.2) is 9.84 Å². The Hall–Kier alpha value is -2.41. The molecule has 23 heavy (non-hydrogen) atoms. The van der Waals surface area contributed by atoms with Crippen LogP contribution in [0, 0.1) is 6.92 Å². The topological polar surface area (TPSA) is 88.2 Å². The van der Waals surface area contributed by atoms with Gasteiger partial charge in [-0.2, -0.15) is 0 Å². The molecular weight excluding hydrogens is 314 g/mol. The summed E-state index contributed by atoms with van der Waals surface area (Å²) in [6.07, 6.45) is 1.52. The monoisotopic (exact) mass is 333 g/mol. The smallest absolute Gasteiger partial charge is 0.251 e. The molecule has 0 aliphatic rings. The predicted octanol–water partition coefficient (Wildman–Crippen LogP) is 1.64. The van der Waals surface area contributed by atoms with Crippen LogP contribution in [-0.4, -0.2) is 38.7 Å². The fourth-order valence-electron chi connectivity index (χ4n) is 1.97. The predicted molar refractivity (Wildman–Crippen MR) is 89.3 cm³/mol. The van der Waals surface area contributed by atoms with Crippen molar-refractivity contribution in [2.75, 3.05) is 24.7 Å². The van der Waals surface area contributed by atoms with Crippen molar-refractivity contribution >= 4 is 21.6 Å². The lowest BCUT2D eigenvalue weighted by Crippen LogP contribution is -2.29. The SMILES string of the molecule is CNc1cc(C(=O)NCCS(=O)(=O)c2ccc(C)cc2)ccn1. The molecule has 0 spiro atoms. The Labute approximate surface area is 135 Å². The minimum absolute atomic E-state index is 0.0479. The second-order valence-electron chi connectivity index (χ2n) is 5.07. The Kier molecular flexibility index (Phi) is 5.33. The number of nitrogens with zero attached hydrogens (tertiary/aromatic N) is 1. The maximum atomic E-state index is 12.2. The molecule has 0 unspecified atom stereocenters. The first kappa shape index (κ1) is 17.0. The van der Waals surface area contributed by atoms with Gasteiger partial charge in [-0.3, -0.25) is 4.79 Å². The molecule has 122 valence electrons. The van der Waals surface area contributed by atoms with Gasteiger partial charge in [-0.15, -0.1) is 0 Å². The van der Waals surface area contributed by atoms with Crippen LogP contribution in [0.15, 0.2) is 47.5 Å². The summed E-state index contributed by atoms with van der Waals surface area (Å²) in [6.45, 7) is 1.94. The molecule has 0 aliphatic heterocycles. The van der Waals surface area contributed by atoms with E-state index in [2.05, 4.69) is 15.6 Å². The van der Waals surface area contributed by atoms with Gasteiger partial charge in [-0.25, -0.2) is 13.4 Å². The number of nitrogens with one attached hydrogen (secondary N) is 2. The summed E-state index contributed by atoms with van der Waals surface area (Å²) < 4.78 is 24.4. The third-order valence-corrected chi connectivity index (χ3v) is 5.05. The van der Waals surface area contributed by atoms with E-state index in [1.54, 1.807) is 43.4 Å². The van der Waals surface area contributed by atoms with Crippen LogP contribution in [0.5, 0.6) is 0 Å². The largest absolute Gasteiger partial charge is 0.373 e. The second kappa shape index (κ2) is 7.23. The molecule has 0 saturated carbocycles. The fraction of sp³-hybridized carbons (Fsp3) is 0.250. The number of benzene rings is 1. The van der Waals surface area contributed by atoms with Gasteiger partial charge < -0.3 is 10.6 Å². The van der Waals surface area contributed by atoms with Crippen molar-refractivity contribution < 1.29 is 13.2 Å². The van der Waals surface area contributed by atoms with E-state index in [1.165, 1.54) is 6.20 Å². The molecule has 0 saturated heterocycles. The van der Waals surface area contributed by atoms with E-state index in [-0.39, 0.29) is 23.1 Å². The molecular formula is C16H19N3O3S. The molecule has 0 atom stereocenters. The first-order valence-electron chi connectivity index (χ1n) is 7.14. The van der Waals surface area contributed by atoms with Gasteiger partial charge in [-0.05, 0) is 31.2 Å². The third kappa shape index (κ3) is 4.53. The molecule has 1 heterocycles. The number of amides is 1. The lowest BCUT2D eigenvalue weighted by Gasteiger charge is -2.08. The summed E-state index contributed by atoms with van der Waals surface area (Å²) in [7, 11) is -1.70. The number of hydrogen-bond donors (Lipinski definition) is 2. The minimum atomic E-state index is -3.41. The van der Waals surface area contributed by atoms with Crippen molar-refractivity contribution in [1.82, 2.24) is 10.3 Å². The number of carbonyl (C=O) groups is 1. The number of aryl methyl sites for hydroxylation is 1. The Bertz CT molecular complexity index is 786. The minimum Gasteiger partial charge on any atom is -0.373 e. The Morgan fingerprint density at radius 3 is 2.52 bits per heavy atom. The lowest BCUT2D eigenvalue weighted by atomic mass is 10.2. The van der Waals surface area contributed by atoms with Crippen molar-refractivity contribution in [3.05, 3.63) is 53.7 Å². The van der Waals surface area contributed by atoms with E-state index in [0.29, 0.717) is 11.4 Å². The molecule has 0 fully saturated rings. The number of pyridine rings is 1. The van der Waals surface area contributed by atoms with Gasteiger partial charge in [0.25, 0.3) is 5.91 Å². The highest BCUT2D eigenvalue weighted by molar-refractivity contribution is 7.91. The van der Waals surface area contributed by atoms with E-state index >= 15 is 0 Å². The Morgan fingerprint density at radius 1 is 1.17 bits per heavy atom. The molecule has 2 N–H and O–H groups in total. The van der Waals surface area contributed by atoms with Crippen molar-refractivity contribution in [2.45, 2.75) is 11.8 Å². The number of anilines is 1. The zero-order valence-corrected chi connectivity index (χ0v) is 13.9. The van der Waals surface area contributed by atoms with E-state index in [1.807, 2.05) is 6.92 Å². The number of rotatable bonds is 6. The van der Waals surface area contributed by atoms with E-state index in [9.17, 15) is 13.2 Å². The van der Waals surface area contributed by atoms with Gasteiger partial charge >= 0.3 is 0 Å². The van der Waals surface area contributed by atoms with Crippen molar-refractivity contribution in [2.24, 2.45) is 0 Å². The molecule has 1 amide bonds. The molecule has 6 nitrogen and oxygen atoms in total. The van der Waals surface area contributed by atoms with E-state index in [4.69, 9.17) is 0 Å². The molecule has 0 bridgehead atoms. The average Bonchev–Trinajstić information content (AvgIpc) is 2.55. The first-order chi connectivity index (χ1) is 10.9. The molecule has 7 heteroatoms. The summed E-state index contributed by atoms with van der Waals surface area (Å²) in [5.74, 6) is 0.0964. The van der Waals surface area contributed by atoms with E-state index in [0.717, 1.165) is 5.56 Å². The molecule has 1 aromatic heterocycles. The second-order valence-corrected chi connectivity index (χ2v) is 7.18. The number of carbonyl (C=O) groups excluding carboxylic acids is 1. The molecule has 1 aromatic carbocycles.